The summed E-state index contributed by atoms with van der Waals surface area (Å²) in [5.74, 6) is -1.31. The molecule has 0 aliphatic carbocycles. The number of nitrogens with zero attached hydrogens (tertiary/aromatic N) is 1. The number of rotatable bonds is 1. The van der Waals surface area contributed by atoms with E-state index in [2.05, 4.69) is 9.97 Å². The smallest absolute Gasteiger partial charge is 0.346 e. The Morgan fingerprint density at radius 1 is 1.17 bits per heavy atom. The highest BCUT2D eigenvalue weighted by Crippen LogP contribution is 2.33. The minimum absolute atomic E-state index is 0.192. The van der Waals surface area contributed by atoms with Crippen molar-refractivity contribution in [2.45, 2.75) is 6.18 Å². The van der Waals surface area contributed by atoms with Crippen LogP contribution in [0, 0.1) is 10.5 Å². The molecule has 0 saturated heterocycles. The number of aromatic amines is 1. The van der Waals surface area contributed by atoms with Crippen LogP contribution in [0.3, 0.4) is 0 Å². The molecule has 2 nitrogen and oxygen atoms in total. The Morgan fingerprint density at radius 2 is 1.89 bits per heavy atom. The Hall–Kier alpha value is -1.76. The number of H-pyrrole nitrogens is 1. The third kappa shape index (κ3) is 2.56. The molecule has 0 saturated carbocycles. The van der Waals surface area contributed by atoms with Gasteiger partial charge in [-0.05, 0) is 29.8 Å². The maximum atomic E-state index is 13.1. The molecule has 1 aromatic heterocycles. The number of nitrogens with one attached hydrogen (secondary N) is 1. The highest BCUT2D eigenvalue weighted by atomic mass is 32.1. The molecule has 94 valence electrons. The second kappa shape index (κ2) is 4.49. The van der Waals surface area contributed by atoms with Crippen LogP contribution < -0.4 is 0 Å². The Morgan fingerprint density at radius 3 is 2.50 bits per heavy atom. The second-order valence-corrected chi connectivity index (χ2v) is 3.91. The maximum Gasteiger partial charge on any atom is 0.419 e. The number of aromatic nitrogens is 2. The summed E-state index contributed by atoms with van der Waals surface area (Å²) in [6, 6.07) is 4.15. The number of hydrogen-bond donors (Lipinski definition) is 1. The summed E-state index contributed by atoms with van der Waals surface area (Å²) in [5, 5.41) is 0. The zero-order valence-corrected chi connectivity index (χ0v) is 9.57. The maximum absolute atomic E-state index is 13.1. The van der Waals surface area contributed by atoms with Crippen molar-refractivity contribution in [2.24, 2.45) is 0 Å². The van der Waals surface area contributed by atoms with E-state index in [-0.39, 0.29) is 10.2 Å². The van der Waals surface area contributed by atoms with Gasteiger partial charge in [0, 0.05) is 5.69 Å². The normalized spacial score (nSPS) is 11.6. The largest absolute Gasteiger partial charge is 0.419 e. The van der Waals surface area contributed by atoms with Crippen LogP contribution in [0.2, 0.25) is 0 Å². The summed E-state index contributed by atoms with van der Waals surface area (Å²) in [7, 11) is 0. The lowest BCUT2D eigenvalue weighted by Gasteiger charge is -2.10. The van der Waals surface area contributed by atoms with E-state index in [9.17, 15) is 17.6 Å². The fourth-order valence-electron chi connectivity index (χ4n) is 1.44. The molecular formula is C11H6F4N2S. The predicted octanol–water partition coefficient (Wildman–Crippen LogP) is 3.96. The molecule has 0 spiro atoms. The monoisotopic (exact) mass is 274 g/mol. The van der Waals surface area contributed by atoms with Gasteiger partial charge in [0.05, 0.1) is 11.9 Å². The Bertz CT molecular complexity index is 633. The summed E-state index contributed by atoms with van der Waals surface area (Å²) in [5.41, 5.74) is -0.770. The molecule has 0 atom stereocenters. The summed E-state index contributed by atoms with van der Waals surface area (Å²) in [6.07, 6.45) is -3.46. The van der Waals surface area contributed by atoms with Gasteiger partial charge in [0.15, 0.2) is 0 Å². The third-order valence-electron chi connectivity index (χ3n) is 2.26. The van der Waals surface area contributed by atoms with Gasteiger partial charge in [0.25, 0.3) is 0 Å². The molecule has 1 heterocycles. The van der Waals surface area contributed by atoms with Crippen LogP contribution in [0.4, 0.5) is 17.6 Å². The van der Waals surface area contributed by atoms with Crippen LogP contribution in [0.5, 0.6) is 0 Å². The quantitative estimate of drug-likeness (QED) is 0.629. The number of hydrogen-bond acceptors (Lipinski definition) is 2. The number of benzene rings is 1. The third-order valence-corrected chi connectivity index (χ3v) is 2.49. The van der Waals surface area contributed by atoms with Gasteiger partial charge in [0.2, 0.25) is 0 Å². The number of halogens is 4. The average Bonchev–Trinajstić information content (AvgIpc) is 2.28. The van der Waals surface area contributed by atoms with Gasteiger partial charge < -0.3 is 4.98 Å². The summed E-state index contributed by atoms with van der Waals surface area (Å²) in [6.45, 7) is 0. The zero-order valence-electron chi connectivity index (χ0n) is 8.75. The molecule has 0 unspecified atom stereocenters. The Kier molecular flexibility index (Phi) is 3.16. The van der Waals surface area contributed by atoms with E-state index in [1.807, 2.05) is 0 Å². The van der Waals surface area contributed by atoms with E-state index in [1.165, 1.54) is 18.5 Å². The van der Waals surface area contributed by atoms with Crippen LogP contribution in [0.15, 0.2) is 30.6 Å². The molecule has 1 N–H and O–H groups in total. The van der Waals surface area contributed by atoms with Gasteiger partial charge in [-0.1, -0.05) is 12.2 Å². The average molecular weight is 274 g/mol. The molecule has 0 aliphatic rings. The second-order valence-electron chi connectivity index (χ2n) is 3.49. The standard InChI is InChI=1S/C11H6F4N2S/c12-8-2-1-6(3-7(8)11(13,14)15)9-4-10(18)17-5-16-9/h1-5H,(H,16,17,18). The lowest BCUT2D eigenvalue weighted by Crippen LogP contribution is -2.08. The summed E-state index contributed by atoms with van der Waals surface area (Å²) < 4.78 is 51.0. The van der Waals surface area contributed by atoms with Crippen molar-refractivity contribution in [1.29, 1.82) is 0 Å². The fraction of sp³-hybridized carbons (Fsp3) is 0.0909. The molecule has 2 rings (SSSR count). The molecule has 18 heavy (non-hydrogen) atoms. The SMILES string of the molecule is Fc1ccc(-c2cc(=S)nc[nH]2)cc1C(F)(F)F. The van der Waals surface area contributed by atoms with E-state index in [0.29, 0.717) is 5.69 Å². The predicted molar refractivity (Wildman–Crippen MR) is 59.8 cm³/mol. The van der Waals surface area contributed by atoms with Crippen molar-refractivity contribution in [2.75, 3.05) is 0 Å². The molecule has 0 amide bonds. The lowest BCUT2D eigenvalue weighted by molar-refractivity contribution is -0.139. The van der Waals surface area contributed by atoms with Crippen molar-refractivity contribution in [3.05, 3.63) is 46.6 Å². The minimum Gasteiger partial charge on any atom is -0.346 e. The Labute approximate surface area is 104 Å². The first-order valence-electron chi connectivity index (χ1n) is 4.80. The van der Waals surface area contributed by atoms with Gasteiger partial charge in [-0.15, -0.1) is 0 Å². The summed E-state index contributed by atoms with van der Waals surface area (Å²) >= 11 is 4.80. The number of alkyl halides is 3. The van der Waals surface area contributed by atoms with Crippen molar-refractivity contribution in [3.8, 4) is 11.3 Å². The molecule has 0 radical (unpaired) electrons. The van der Waals surface area contributed by atoms with Gasteiger partial charge in [-0.2, -0.15) is 13.2 Å². The van der Waals surface area contributed by atoms with Crippen LogP contribution >= 0.6 is 12.2 Å². The molecule has 0 fully saturated rings. The molecule has 7 heteroatoms. The fourth-order valence-corrected chi connectivity index (χ4v) is 1.62. The van der Waals surface area contributed by atoms with Crippen molar-refractivity contribution < 1.29 is 17.6 Å². The van der Waals surface area contributed by atoms with E-state index in [1.54, 1.807) is 0 Å². The van der Waals surface area contributed by atoms with Gasteiger partial charge in [0.1, 0.15) is 10.5 Å². The van der Waals surface area contributed by atoms with Crippen LogP contribution in [-0.4, -0.2) is 9.97 Å². The van der Waals surface area contributed by atoms with E-state index >= 15 is 0 Å². The van der Waals surface area contributed by atoms with Crippen LogP contribution in [0.1, 0.15) is 5.56 Å². The Balaban J connectivity index is 2.58. The first kappa shape index (κ1) is 12.7. The first-order chi connectivity index (χ1) is 8.38. The van der Waals surface area contributed by atoms with Crippen molar-refractivity contribution in [1.82, 2.24) is 9.97 Å². The highest BCUT2D eigenvalue weighted by Gasteiger charge is 2.34. The highest BCUT2D eigenvalue weighted by molar-refractivity contribution is 7.71. The lowest BCUT2D eigenvalue weighted by atomic mass is 10.1. The molecule has 0 aliphatic heterocycles. The minimum atomic E-state index is -4.73. The zero-order chi connectivity index (χ0) is 13.3. The van der Waals surface area contributed by atoms with E-state index in [0.717, 1.165) is 12.1 Å². The van der Waals surface area contributed by atoms with Gasteiger partial charge in [-0.3, -0.25) is 0 Å². The molecule has 0 bridgehead atoms. The summed E-state index contributed by atoms with van der Waals surface area (Å²) in [4.78, 5) is 6.37. The van der Waals surface area contributed by atoms with Crippen LogP contribution in [-0.2, 0) is 6.18 Å². The topological polar surface area (TPSA) is 28.7 Å². The van der Waals surface area contributed by atoms with E-state index in [4.69, 9.17) is 12.2 Å². The molecular weight excluding hydrogens is 268 g/mol. The van der Waals surface area contributed by atoms with E-state index < -0.39 is 17.6 Å². The molecule has 2 aromatic rings. The van der Waals surface area contributed by atoms with Gasteiger partial charge >= 0.3 is 6.18 Å². The molecule has 1 aromatic carbocycles. The first-order valence-corrected chi connectivity index (χ1v) is 5.20. The van der Waals surface area contributed by atoms with Crippen molar-refractivity contribution >= 4 is 12.2 Å². The van der Waals surface area contributed by atoms with Gasteiger partial charge in [-0.25, -0.2) is 9.37 Å². The van der Waals surface area contributed by atoms with Crippen LogP contribution in [0.25, 0.3) is 11.3 Å². The van der Waals surface area contributed by atoms with Crippen molar-refractivity contribution in [3.63, 3.8) is 0 Å².